The number of hydrogen-bond acceptors (Lipinski definition) is 8. The molecule has 2 fully saturated rings. The van der Waals surface area contributed by atoms with E-state index >= 15 is 0 Å². The first-order chi connectivity index (χ1) is 17.6. The normalized spacial score (nSPS) is 16.9. The van der Waals surface area contributed by atoms with Gasteiger partial charge >= 0.3 is 6.09 Å². The highest BCUT2D eigenvalue weighted by atomic mass is 16.6. The summed E-state index contributed by atoms with van der Waals surface area (Å²) in [5, 5.41) is 10.3. The van der Waals surface area contributed by atoms with Crippen molar-refractivity contribution in [1.82, 2.24) is 20.4 Å². The van der Waals surface area contributed by atoms with Gasteiger partial charge in [-0.2, -0.15) is 0 Å². The summed E-state index contributed by atoms with van der Waals surface area (Å²) in [4.78, 5) is 39.6. The van der Waals surface area contributed by atoms with Crippen LogP contribution in [0, 0.1) is 5.92 Å². The molecule has 1 aliphatic carbocycles. The summed E-state index contributed by atoms with van der Waals surface area (Å²) in [6.45, 7) is 5.41. The number of hydrogen-bond donors (Lipinski definition) is 1. The molecule has 0 bridgehead atoms. The first-order valence-corrected chi connectivity index (χ1v) is 12.8. The molecule has 36 heavy (non-hydrogen) atoms. The van der Waals surface area contributed by atoms with Crippen LogP contribution in [0.1, 0.15) is 63.1 Å². The lowest BCUT2D eigenvalue weighted by Crippen LogP contribution is -2.46. The Labute approximate surface area is 211 Å². The summed E-state index contributed by atoms with van der Waals surface area (Å²) in [5.41, 5.74) is 0.695. The summed E-state index contributed by atoms with van der Waals surface area (Å²) in [7, 11) is 0. The third-order valence-corrected chi connectivity index (χ3v) is 6.18. The van der Waals surface area contributed by atoms with Crippen molar-refractivity contribution in [2.75, 3.05) is 32.8 Å². The molecule has 1 aliphatic heterocycles. The number of morpholine rings is 1. The van der Waals surface area contributed by atoms with E-state index in [1.54, 1.807) is 17.0 Å². The van der Waals surface area contributed by atoms with E-state index in [1.807, 2.05) is 32.0 Å². The van der Waals surface area contributed by atoms with Crippen molar-refractivity contribution in [2.24, 2.45) is 5.92 Å². The van der Waals surface area contributed by atoms with Gasteiger partial charge in [0, 0.05) is 18.7 Å². The number of aromatic nitrogens is 2. The standard InChI is InChI=1S/C24H30N4O6.C2H6/c29-19(23-27-26-22(34-23)18-9-5-2-6-10-18)16-25-21(30)20(15-17-7-3-1-4-8-17)33-24(31)28-11-13-32-14-12-28;1-2/h2,5-6,9-10,17,20H,1,3-4,7-8,11-16H2,(H,25,30);1-2H3. The molecular weight excluding hydrogens is 464 g/mol. The van der Waals surface area contributed by atoms with E-state index in [2.05, 4.69) is 15.5 Å². The van der Waals surface area contributed by atoms with Crippen LogP contribution in [-0.4, -0.2) is 71.8 Å². The van der Waals surface area contributed by atoms with Crippen LogP contribution in [0.5, 0.6) is 0 Å². The van der Waals surface area contributed by atoms with Gasteiger partial charge in [-0.25, -0.2) is 4.79 Å². The lowest BCUT2D eigenvalue weighted by atomic mass is 9.85. The summed E-state index contributed by atoms with van der Waals surface area (Å²) in [5.74, 6) is -0.664. The molecule has 0 radical (unpaired) electrons. The van der Waals surface area contributed by atoms with E-state index in [1.165, 1.54) is 6.42 Å². The third kappa shape index (κ3) is 7.87. The van der Waals surface area contributed by atoms with Crippen LogP contribution in [-0.2, 0) is 14.3 Å². The highest BCUT2D eigenvalue weighted by Crippen LogP contribution is 2.28. The molecule has 1 N–H and O–H groups in total. The number of nitrogens with zero attached hydrogens (tertiary/aromatic N) is 3. The van der Waals surface area contributed by atoms with E-state index in [9.17, 15) is 14.4 Å². The highest BCUT2D eigenvalue weighted by Gasteiger charge is 2.30. The number of rotatable bonds is 8. The second-order valence-electron chi connectivity index (χ2n) is 8.63. The monoisotopic (exact) mass is 500 g/mol. The first-order valence-electron chi connectivity index (χ1n) is 12.8. The van der Waals surface area contributed by atoms with Crippen molar-refractivity contribution in [1.29, 1.82) is 0 Å². The van der Waals surface area contributed by atoms with Gasteiger partial charge in [0.05, 0.1) is 19.8 Å². The average molecular weight is 501 g/mol. The summed E-state index contributed by atoms with van der Waals surface area (Å²) >= 11 is 0. The molecule has 1 atom stereocenters. The molecule has 2 aromatic rings. The Kier molecular flexibility index (Phi) is 10.9. The van der Waals surface area contributed by atoms with Gasteiger partial charge < -0.3 is 24.1 Å². The van der Waals surface area contributed by atoms with Gasteiger partial charge in [0.15, 0.2) is 6.10 Å². The molecule has 10 nitrogen and oxygen atoms in total. The number of benzene rings is 1. The van der Waals surface area contributed by atoms with Crippen LogP contribution < -0.4 is 5.32 Å². The van der Waals surface area contributed by atoms with E-state index in [4.69, 9.17) is 13.9 Å². The number of nitrogens with one attached hydrogen (secondary N) is 1. The Morgan fingerprint density at radius 3 is 2.44 bits per heavy atom. The summed E-state index contributed by atoms with van der Waals surface area (Å²) < 4.78 is 16.3. The van der Waals surface area contributed by atoms with Gasteiger partial charge in [0.1, 0.15) is 0 Å². The van der Waals surface area contributed by atoms with Gasteiger partial charge in [-0.05, 0) is 24.5 Å². The van der Waals surface area contributed by atoms with Crippen LogP contribution in [0.25, 0.3) is 11.5 Å². The number of ketones is 1. The number of ether oxygens (including phenoxy) is 2. The Balaban J connectivity index is 0.00000176. The fourth-order valence-corrected chi connectivity index (χ4v) is 4.27. The molecule has 196 valence electrons. The number of carbonyl (C=O) groups excluding carboxylic acids is 3. The predicted molar refractivity (Wildman–Crippen MR) is 132 cm³/mol. The fraction of sp³-hybridized carbons (Fsp3) is 0.577. The number of Topliss-reactive ketones (excluding diaryl/α,β-unsaturated/α-hetero) is 1. The summed E-state index contributed by atoms with van der Waals surface area (Å²) in [6, 6.07) is 9.10. The molecule has 4 rings (SSSR count). The van der Waals surface area contributed by atoms with Crippen molar-refractivity contribution in [2.45, 2.75) is 58.5 Å². The molecule has 1 saturated carbocycles. The van der Waals surface area contributed by atoms with Crippen molar-refractivity contribution in [3.63, 3.8) is 0 Å². The van der Waals surface area contributed by atoms with Crippen LogP contribution in [0.4, 0.5) is 4.79 Å². The van der Waals surface area contributed by atoms with Crippen molar-refractivity contribution < 1.29 is 28.3 Å². The Bertz CT molecular complexity index is 968. The minimum absolute atomic E-state index is 0.187. The SMILES string of the molecule is CC.O=C(CNC(=O)C(CC1CCCCC1)OC(=O)N1CCOCC1)c1nnc(-c2ccccc2)o1. The molecule has 1 unspecified atom stereocenters. The van der Waals surface area contributed by atoms with Gasteiger partial charge in [0.25, 0.3) is 11.8 Å². The Morgan fingerprint density at radius 1 is 1.06 bits per heavy atom. The predicted octanol–water partition coefficient (Wildman–Crippen LogP) is 3.87. The quantitative estimate of drug-likeness (QED) is 0.542. The summed E-state index contributed by atoms with van der Waals surface area (Å²) in [6.07, 6.45) is 4.35. The maximum Gasteiger partial charge on any atom is 0.410 e. The maximum atomic E-state index is 12.9. The molecule has 1 aromatic carbocycles. The van der Waals surface area contributed by atoms with Crippen LogP contribution in [0.3, 0.4) is 0 Å². The maximum absolute atomic E-state index is 12.9. The van der Waals surface area contributed by atoms with Crippen molar-refractivity contribution >= 4 is 17.8 Å². The fourth-order valence-electron chi connectivity index (χ4n) is 4.27. The Morgan fingerprint density at radius 2 is 1.75 bits per heavy atom. The molecule has 2 heterocycles. The van der Waals surface area contributed by atoms with E-state index < -0.39 is 23.9 Å². The highest BCUT2D eigenvalue weighted by molar-refractivity contribution is 5.96. The molecule has 2 aliphatic rings. The van der Waals surface area contributed by atoms with Crippen LogP contribution >= 0.6 is 0 Å². The number of amides is 2. The van der Waals surface area contributed by atoms with Gasteiger partial charge in [0.2, 0.25) is 11.7 Å². The molecular formula is C26H36N4O6. The zero-order valence-electron chi connectivity index (χ0n) is 21.1. The second-order valence-corrected chi connectivity index (χ2v) is 8.63. The minimum Gasteiger partial charge on any atom is -0.436 e. The smallest absolute Gasteiger partial charge is 0.410 e. The molecule has 1 aromatic heterocycles. The lowest BCUT2D eigenvalue weighted by Gasteiger charge is -2.30. The topological polar surface area (TPSA) is 124 Å². The van der Waals surface area contributed by atoms with Crippen LogP contribution in [0.2, 0.25) is 0 Å². The van der Waals surface area contributed by atoms with Crippen molar-refractivity contribution in [3.05, 3.63) is 36.2 Å². The van der Waals surface area contributed by atoms with E-state index in [0.717, 1.165) is 25.7 Å². The molecule has 1 saturated heterocycles. The number of carbonyl (C=O) groups is 3. The lowest BCUT2D eigenvalue weighted by molar-refractivity contribution is -0.131. The van der Waals surface area contributed by atoms with Gasteiger partial charge in [-0.3, -0.25) is 9.59 Å². The zero-order chi connectivity index (χ0) is 25.8. The van der Waals surface area contributed by atoms with Crippen LogP contribution in [0.15, 0.2) is 34.7 Å². The Hall–Kier alpha value is -3.27. The zero-order valence-corrected chi connectivity index (χ0v) is 21.1. The van der Waals surface area contributed by atoms with E-state index in [0.29, 0.717) is 44.2 Å². The largest absolute Gasteiger partial charge is 0.436 e. The van der Waals surface area contributed by atoms with Gasteiger partial charge in [-0.1, -0.05) is 64.2 Å². The molecule has 10 heteroatoms. The van der Waals surface area contributed by atoms with E-state index in [-0.39, 0.29) is 18.3 Å². The van der Waals surface area contributed by atoms with Crippen molar-refractivity contribution in [3.8, 4) is 11.5 Å². The van der Waals surface area contributed by atoms with Gasteiger partial charge in [-0.15, -0.1) is 10.2 Å². The molecule has 0 spiro atoms. The average Bonchev–Trinajstić information content (AvgIpc) is 3.44. The second kappa shape index (κ2) is 14.3. The third-order valence-electron chi connectivity index (χ3n) is 6.18. The minimum atomic E-state index is -0.964. The first kappa shape index (κ1) is 27.3. The molecule has 2 amide bonds.